The van der Waals surface area contributed by atoms with E-state index in [2.05, 4.69) is 16.0 Å². The van der Waals surface area contributed by atoms with Gasteiger partial charge in [-0.2, -0.15) is 0 Å². The summed E-state index contributed by atoms with van der Waals surface area (Å²) >= 11 is 1.67. The Morgan fingerprint density at radius 2 is 2.25 bits per heavy atom. The highest BCUT2D eigenvalue weighted by Gasteiger charge is 2.13. The number of carbonyl (C=O) groups is 1. The first kappa shape index (κ1) is 12.8. The number of nitrogens with zero attached hydrogens (tertiary/aromatic N) is 3. The fourth-order valence-electron chi connectivity index (χ4n) is 2.14. The SMILES string of the molecule is O=C(O)CCc1nc2cccnc2n1Cc1cccs1. The number of aliphatic carboxylic acids is 1. The van der Waals surface area contributed by atoms with Gasteiger partial charge < -0.3 is 9.67 Å². The van der Waals surface area contributed by atoms with Crippen LogP contribution < -0.4 is 0 Å². The fourth-order valence-corrected chi connectivity index (χ4v) is 2.83. The van der Waals surface area contributed by atoms with Gasteiger partial charge in [0.1, 0.15) is 11.3 Å². The minimum atomic E-state index is -0.812. The second-order valence-electron chi connectivity index (χ2n) is 4.43. The van der Waals surface area contributed by atoms with E-state index in [0.29, 0.717) is 13.0 Å². The molecule has 0 amide bonds. The van der Waals surface area contributed by atoms with Crippen LogP contribution in [0, 0.1) is 0 Å². The summed E-state index contributed by atoms with van der Waals surface area (Å²) in [5, 5.41) is 10.9. The van der Waals surface area contributed by atoms with Crippen molar-refractivity contribution in [3.8, 4) is 0 Å². The monoisotopic (exact) mass is 287 g/mol. The zero-order valence-corrected chi connectivity index (χ0v) is 11.5. The van der Waals surface area contributed by atoms with Crippen LogP contribution in [0.3, 0.4) is 0 Å². The van der Waals surface area contributed by atoms with E-state index >= 15 is 0 Å². The van der Waals surface area contributed by atoms with Crippen LogP contribution in [-0.4, -0.2) is 25.6 Å². The Morgan fingerprint density at radius 3 is 3.00 bits per heavy atom. The molecule has 0 unspecified atom stereocenters. The van der Waals surface area contributed by atoms with E-state index in [1.807, 2.05) is 28.1 Å². The first-order valence-electron chi connectivity index (χ1n) is 6.28. The van der Waals surface area contributed by atoms with E-state index in [-0.39, 0.29) is 6.42 Å². The number of imidazole rings is 1. The van der Waals surface area contributed by atoms with Crippen molar-refractivity contribution >= 4 is 28.5 Å². The number of fused-ring (bicyclic) bond motifs is 1. The summed E-state index contributed by atoms with van der Waals surface area (Å²) in [4.78, 5) is 20.8. The number of carboxylic acid groups (broad SMARTS) is 1. The van der Waals surface area contributed by atoms with E-state index in [0.717, 1.165) is 17.0 Å². The van der Waals surface area contributed by atoms with Crippen LogP contribution in [0.1, 0.15) is 17.1 Å². The molecule has 0 aliphatic heterocycles. The first-order valence-corrected chi connectivity index (χ1v) is 7.16. The molecular weight excluding hydrogens is 274 g/mol. The molecule has 1 N–H and O–H groups in total. The van der Waals surface area contributed by atoms with Gasteiger partial charge in [-0.05, 0) is 23.6 Å². The van der Waals surface area contributed by atoms with Crippen molar-refractivity contribution in [3.63, 3.8) is 0 Å². The maximum absolute atomic E-state index is 10.8. The van der Waals surface area contributed by atoms with Crippen LogP contribution in [-0.2, 0) is 17.8 Å². The quantitative estimate of drug-likeness (QED) is 0.783. The molecule has 0 bridgehead atoms. The van der Waals surface area contributed by atoms with Crippen molar-refractivity contribution in [2.45, 2.75) is 19.4 Å². The minimum absolute atomic E-state index is 0.0771. The van der Waals surface area contributed by atoms with Crippen molar-refractivity contribution in [2.24, 2.45) is 0 Å². The number of aryl methyl sites for hydroxylation is 1. The van der Waals surface area contributed by atoms with Gasteiger partial charge in [-0.1, -0.05) is 6.07 Å². The third-order valence-electron chi connectivity index (χ3n) is 3.04. The molecule has 0 aromatic carbocycles. The summed E-state index contributed by atoms with van der Waals surface area (Å²) in [6.45, 7) is 0.681. The summed E-state index contributed by atoms with van der Waals surface area (Å²) in [5.74, 6) is -0.0396. The van der Waals surface area contributed by atoms with Gasteiger partial charge in [0, 0.05) is 17.5 Å². The van der Waals surface area contributed by atoms with Crippen LogP contribution in [0.15, 0.2) is 35.8 Å². The highest BCUT2D eigenvalue weighted by Crippen LogP contribution is 2.19. The second-order valence-corrected chi connectivity index (χ2v) is 5.47. The Kier molecular flexibility index (Phi) is 3.47. The molecule has 0 aliphatic rings. The van der Waals surface area contributed by atoms with Gasteiger partial charge >= 0.3 is 5.97 Å². The third kappa shape index (κ3) is 2.55. The summed E-state index contributed by atoms with van der Waals surface area (Å²) in [6, 6.07) is 7.80. The smallest absolute Gasteiger partial charge is 0.303 e. The van der Waals surface area contributed by atoms with Crippen LogP contribution in [0.2, 0.25) is 0 Å². The van der Waals surface area contributed by atoms with Crippen LogP contribution in [0.25, 0.3) is 11.2 Å². The van der Waals surface area contributed by atoms with Gasteiger partial charge in [0.25, 0.3) is 0 Å². The lowest BCUT2D eigenvalue weighted by atomic mass is 10.3. The lowest BCUT2D eigenvalue weighted by Gasteiger charge is -2.06. The average Bonchev–Trinajstić information content (AvgIpc) is 3.05. The number of rotatable bonds is 5. The van der Waals surface area contributed by atoms with E-state index in [4.69, 9.17) is 5.11 Å². The summed E-state index contributed by atoms with van der Waals surface area (Å²) in [5.41, 5.74) is 1.62. The van der Waals surface area contributed by atoms with E-state index in [1.54, 1.807) is 17.5 Å². The summed E-state index contributed by atoms with van der Waals surface area (Å²) < 4.78 is 2.00. The number of aromatic nitrogens is 3. The van der Waals surface area contributed by atoms with Gasteiger partial charge in [0.05, 0.1) is 13.0 Å². The highest BCUT2D eigenvalue weighted by atomic mass is 32.1. The van der Waals surface area contributed by atoms with Crippen molar-refractivity contribution in [2.75, 3.05) is 0 Å². The number of hydrogen-bond donors (Lipinski definition) is 1. The van der Waals surface area contributed by atoms with Gasteiger partial charge in [0.2, 0.25) is 0 Å². The lowest BCUT2D eigenvalue weighted by Crippen LogP contribution is -2.07. The highest BCUT2D eigenvalue weighted by molar-refractivity contribution is 7.09. The van der Waals surface area contributed by atoms with Gasteiger partial charge in [-0.15, -0.1) is 11.3 Å². The number of hydrogen-bond acceptors (Lipinski definition) is 4. The topological polar surface area (TPSA) is 68.0 Å². The molecule has 3 aromatic rings. The molecule has 0 radical (unpaired) electrons. The summed E-state index contributed by atoms with van der Waals surface area (Å²) in [6.07, 6.45) is 2.22. The van der Waals surface area contributed by atoms with E-state index in [9.17, 15) is 4.79 Å². The van der Waals surface area contributed by atoms with Gasteiger partial charge in [-0.3, -0.25) is 4.79 Å². The Hall–Kier alpha value is -2.21. The molecule has 0 spiro atoms. The zero-order valence-electron chi connectivity index (χ0n) is 10.7. The molecule has 3 aromatic heterocycles. The minimum Gasteiger partial charge on any atom is -0.481 e. The van der Waals surface area contributed by atoms with Crippen molar-refractivity contribution in [1.29, 1.82) is 0 Å². The largest absolute Gasteiger partial charge is 0.481 e. The predicted molar refractivity (Wildman–Crippen MR) is 76.9 cm³/mol. The van der Waals surface area contributed by atoms with Crippen LogP contribution in [0.4, 0.5) is 0 Å². The molecular formula is C14H13N3O2S. The lowest BCUT2D eigenvalue weighted by molar-refractivity contribution is -0.137. The number of carboxylic acids is 1. The van der Waals surface area contributed by atoms with E-state index < -0.39 is 5.97 Å². The fraction of sp³-hybridized carbons (Fsp3) is 0.214. The van der Waals surface area contributed by atoms with Gasteiger partial charge in [-0.25, -0.2) is 9.97 Å². The van der Waals surface area contributed by atoms with E-state index in [1.165, 1.54) is 4.88 Å². The van der Waals surface area contributed by atoms with Gasteiger partial charge in [0.15, 0.2) is 5.65 Å². The second kappa shape index (κ2) is 5.42. The summed E-state index contributed by atoms with van der Waals surface area (Å²) in [7, 11) is 0. The van der Waals surface area contributed by atoms with Crippen LogP contribution in [0.5, 0.6) is 0 Å². The third-order valence-corrected chi connectivity index (χ3v) is 3.90. The Morgan fingerprint density at radius 1 is 1.35 bits per heavy atom. The molecule has 5 nitrogen and oxygen atoms in total. The molecule has 0 fully saturated rings. The molecule has 0 saturated carbocycles. The molecule has 6 heteroatoms. The molecule has 3 heterocycles. The molecule has 0 atom stereocenters. The maximum Gasteiger partial charge on any atom is 0.303 e. The van der Waals surface area contributed by atoms with Crippen molar-refractivity contribution in [1.82, 2.24) is 14.5 Å². The Labute approximate surface area is 119 Å². The zero-order chi connectivity index (χ0) is 13.9. The maximum atomic E-state index is 10.8. The standard InChI is InChI=1S/C14H13N3O2S/c18-13(19)6-5-12-16-11-4-1-7-15-14(11)17(12)9-10-3-2-8-20-10/h1-4,7-8H,5-6,9H2,(H,18,19). The normalized spacial score (nSPS) is 11.0. The molecule has 20 heavy (non-hydrogen) atoms. The molecule has 0 saturated heterocycles. The van der Waals surface area contributed by atoms with Crippen LogP contribution >= 0.6 is 11.3 Å². The first-order chi connectivity index (χ1) is 9.74. The molecule has 0 aliphatic carbocycles. The molecule has 3 rings (SSSR count). The Bertz CT molecular complexity index is 734. The van der Waals surface area contributed by atoms with Crippen molar-refractivity contribution in [3.05, 3.63) is 46.5 Å². The average molecular weight is 287 g/mol. The predicted octanol–water partition coefficient (Wildman–Crippen LogP) is 2.56. The Balaban J connectivity index is 2.01. The van der Waals surface area contributed by atoms with Crippen molar-refractivity contribution < 1.29 is 9.90 Å². The number of pyridine rings is 1. The number of thiophene rings is 1. The molecule has 102 valence electrons.